The van der Waals surface area contributed by atoms with Crippen LogP contribution in [0.4, 0.5) is 5.69 Å². The molecule has 2 atom stereocenters. The summed E-state index contributed by atoms with van der Waals surface area (Å²) in [7, 11) is 0. The van der Waals surface area contributed by atoms with Crippen molar-refractivity contribution in [3.8, 4) is 11.6 Å². The maximum absolute atomic E-state index is 11.2. The minimum absolute atomic E-state index is 0.0664. The SMILES string of the molecule is O=[N+]([O-])c1cnn(C23CC4CC(CC(Cc5nnc(-c6ccccn6)o5)(C4)C2)C3)c1. The summed E-state index contributed by atoms with van der Waals surface area (Å²) in [5.41, 5.74) is 0.694. The zero-order chi connectivity index (χ0) is 20.3. The van der Waals surface area contributed by atoms with Gasteiger partial charge in [0.25, 0.3) is 5.89 Å². The van der Waals surface area contributed by atoms with Crippen LogP contribution in [0.5, 0.6) is 0 Å². The fraction of sp³-hybridized carbons (Fsp3) is 0.524. The second-order valence-electron chi connectivity index (χ2n) is 9.48. The lowest BCUT2D eigenvalue weighted by Crippen LogP contribution is -2.57. The highest BCUT2D eigenvalue weighted by molar-refractivity contribution is 5.44. The van der Waals surface area contributed by atoms with Crippen LogP contribution in [0.2, 0.25) is 0 Å². The predicted molar refractivity (Wildman–Crippen MR) is 105 cm³/mol. The molecular weight excluding hydrogens is 384 g/mol. The first-order valence-corrected chi connectivity index (χ1v) is 10.5. The molecule has 0 spiro atoms. The summed E-state index contributed by atoms with van der Waals surface area (Å²) in [6, 6.07) is 5.62. The van der Waals surface area contributed by atoms with Gasteiger partial charge in [0, 0.05) is 12.6 Å². The van der Waals surface area contributed by atoms with Crippen LogP contribution in [-0.4, -0.2) is 29.9 Å². The summed E-state index contributed by atoms with van der Waals surface area (Å²) in [5, 5.41) is 24.1. The first kappa shape index (κ1) is 17.7. The van der Waals surface area contributed by atoms with Crippen LogP contribution < -0.4 is 0 Å². The van der Waals surface area contributed by atoms with Gasteiger partial charge in [0.05, 0.1) is 10.5 Å². The Morgan fingerprint density at radius 2 is 2.03 bits per heavy atom. The molecule has 9 nitrogen and oxygen atoms in total. The number of rotatable bonds is 5. The highest BCUT2D eigenvalue weighted by atomic mass is 16.6. The molecule has 0 N–H and O–H groups in total. The van der Waals surface area contributed by atoms with Crippen molar-refractivity contribution >= 4 is 5.69 Å². The van der Waals surface area contributed by atoms with E-state index in [1.165, 1.54) is 12.6 Å². The molecule has 3 aromatic heterocycles. The second-order valence-corrected chi connectivity index (χ2v) is 9.48. The Bertz CT molecular complexity index is 1090. The minimum Gasteiger partial charge on any atom is -0.419 e. The summed E-state index contributed by atoms with van der Waals surface area (Å²) in [5.74, 6) is 2.34. The lowest BCUT2D eigenvalue weighted by Gasteiger charge is -2.61. The molecule has 4 bridgehead atoms. The van der Waals surface area contributed by atoms with Crippen LogP contribution in [0.15, 0.2) is 41.2 Å². The van der Waals surface area contributed by atoms with Crippen LogP contribution in [0.25, 0.3) is 11.6 Å². The molecule has 4 aliphatic rings. The molecule has 154 valence electrons. The van der Waals surface area contributed by atoms with E-state index >= 15 is 0 Å². The third kappa shape index (κ3) is 2.75. The molecule has 0 amide bonds. The summed E-state index contributed by atoms with van der Waals surface area (Å²) in [6.45, 7) is 0. The van der Waals surface area contributed by atoms with Crippen molar-refractivity contribution in [2.45, 2.75) is 50.5 Å². The zero-order valence-electron chi connectivity index (χ0n) is 16.5. The van der Waals surface area contributed by atoms with Gasteiger partial charge in [0.15, 0.2) is 0 Å². The molecular formula is C21H22N6O3. The first-order chi connectivity index (χ1) is 14.5. The molecule has 30 heavy (non-hydrogen) atoms. The van der Waals surface area contributed by atoms with E-state index in [9.17, 15) is 10.1 Å². The van der Waals surface area contributed by atoms with E-state index in [1.54, 1.807) is 12.4 Å². The van der Waals surface area contributed by atoms with Crippen molar-refractivity contribution in [2.24, 2.45) is 17.3 Å². The lowest BCUT2D eigenvalue weighted by molar-refractivity contribution is -0.385. The summed E-state index contributed by atoms with van der Waals surface area (Å²) in [4.78, 5) is 15.1. The number of hydrogen-bond acceptors (Lipinski definition) is 7. The Labute approximate surface area is 172 Å². The number of pyridine rings is 1. The molecule has 4 fully saturated rings. The predicted octanol–water partition coefficient (Wildman–Crippen LogP) is 3.77. The molecule has 0 aliphatic heterocycles. The van der Waals surface area contributed by atoms with Gasteiger partial charge >= 0.3 is 5.69 Å². The van der Waals surface area contributed by atoms with Gasteiger partial charge in [-0.05, 0) is 67.9 Å². The van der Waals surface area contributed by atoms with Gasteiger partial charge < -0.3 is 4.42 Å². The molecule has 0 radical (unpaired) electrons. The number of nitrogens with zero attached hydrogens (tertiary/aromatic N) is 6. The fourth-order valence-electron chi connectivity index (χ4n) is 6.78. The number of hydrogen-bond donors (Lipinski definition) is 0. The normalized spacial score (nSPS) is 31.9. The maximum atomic E-state index is 11.2. The average molecular weight is 406 g/mol. The molecule has 4 saturated carbocycles. The fourth-order valence-corrected chi connectivity index (χ4v) is 6.78. The Hall–Kier alpha value is -3.10. The highest BCUT2D eigenvalue weighted by Crippen LogP contribution is 2.65. The van der Waals surface area contributed by atoms with Crippen molar-refractivity contribution in [1.82, 2.24) is 25.0 Å². The van der Waals surface area contributed by atoms with Gasteiger partial charge in [-0.1, -0.05) is 6.07 Å². The Morgan fingerprint density at radius 3 is 2.73 bits per heavy atom. The molecule has 0 aromatic carbocycles. The number of nitro groups is 1. The molecule has 2 unspecified atom stereocenters. The smallest absolute Gasteiger partial charge is 0.307 e. The monoisotopic (exact) mass is 406 g/mol. The highest BCUT2D eigenvalue weighted by Gasteiger charge is 2.59. The molecule has 3 heterocycles. The Morgan fingerprint density at radius 1 is 1.20 bits per heavy atom. The van der Waals surface area contributed by atoms with Crippen molar-refractivity contribution in [1.29, 1.82) is 0 Å². The van der Waals surface area contributed by atoms with Gasteiger partial charge in [-0.25, -0.2) is 0 Å². The third-order valence-corrected chi connectivity index (χ3v) is 7.29. The maximum Gasteiger partial charge on any atom is 0.307 e. The van der Waals surface area contributed by atoms with Gasteiger partial charge in [0.1, 0.15) is 18.1 Å². The van der Waals surface area contributed by atoms with E-state index in [-0.39, 0.29) is 21.6 Å². The van der Waals surface area contributed by atoms with Crippen LogP contribution in [-0.2, 0) is 12.0 Å². The molecule has 7 rings (SSSR count). The van der Waals surface area contributed by atoms with Gasteiger partial charge in [-0.2, -0.15) is 5.10 Å². The molecule has 9 heteroatoms. The first-order valence-electron chi connectivity index (χ1n) is 10.5. The van der Waals surface area contributed by atoms with E-state index in [0.29, 0.717) is 29.3 Å². The summed E-state index contributed by atoms with van der Waals surface area (Å²) >= 11 is 0. The Kier molecular flexibility index (Phi) is 3.66. The van der Waals surface area contributed by atoms with Gasteiger partial charge in [-0.15, -0.1) is 10.2 Å². The van der Waals surface area contributed by atoms with Crippen molar-refractivity contribution in [3.63, 3.8) is 0 Å². The second kappa shape index (κ2) is 6.20. The summed E-state index contributed by atoms with van der Waals surface area (Å²) in [6.07, 6.45) is 12.0. The zero-order valence-corrected chi connectivity index (χ0v) is 16.5. The quantitative estimate of drug-likeness (QED) is 0.468. The van der Waals surface area contributed by atoms with Crippen molar-refractivity contribution in [2.75, 3.05) is 0 Å². The number of aromatic nitrogens is 5. The van der Waals surface area contributed by atoms with Crippen LogP contribution in [0, 0.1) is 27.4 Å². The average Bonchev–Trinajstić information content (AvgIpc) is 3.37. The van der Waals surface area contributed by atoms with E-state index in [0.717, 1.165) is 38.5 Å². The Balaban J connectivity index is 1.30. The lowest BCUT2D eigenvalue weighted by atomic mass is 9.46. The summed E-state index contributed by atoms with van der Waals surface area (Å²) < 4.78 is 7.88. The van der Waals surface area contributed by atoms with Gasteiger partial charge in [0.2, 0.25) is 5.89 Å². The van der Waals surface area contributed by atoms with E-state index in [4.69, 9.17) is 4.42 Å². The van der Waals surface area contributed by atoms with E-state index in [2.05, 4.69) is 20.3 Å². The van der Waals surface area contributed by atoms with Crippen molar-refractivity contribution in [3.05, 3.63) is 52.8 Å². The van der Waals surface area contributed by atoms with Crippen LogP contribution in [0.1, 0.15) is 44.4 Å². The topological polar surface area (TPSA) is 113 Å². The molecule has 0 saturated heterocycles. The third-order valence-electron chi connectivity index (χ3n) is 7.29. The molecule has 4 aliphatic carbocycles. The molecule has 3 aromatic rings. The van der Waals surface area contributed by atoms with Crippen LogP contribution >= 0.6 is 0 Å². The standard InChI is InChI=1S/C21H22N6O3/c28-27(29)16-11-23-26(12-16)21-8-14-5-15(9-21)7-20(6-14,13-21)10-18-24-25-19(30-18)17-3-1-2-4-22-17/h1-4,11-12,14-15H,5-10,13H2. The largest absolute Gasteiger partial charge is 0.419 e. The van der Waals surface area contributed by atoms with E-state index < -0.39 is 0 Å². The van der Waals surface area contributed by atoms with Crippen molar-refractivity contribution < 1.29 is 9.34 Å². The van der Waals surface area contributed by atoms with Crippen LogP contribution in [0.3, 0.4) is 0 Å². The van der Waals surface area contributed by atoms with E-state index in [1.807, 2.05) is 22.9 Å². The van der Waals surface area contributed by atoms with Gasteiger partial charge in [-0.3, -0.25) is 19.8 Å². The minimum atomic E-state index is -0.364.